The average Bonchev–Trinajstić information content (AvgIpc) is 2.89. The lowest BCUT2D eigenvalue weighted by Gasteiger charge is -2.16. The first kappa shape index (κ1) is 16.4. The fourth-order valence-electron chi connectivity index (χ4n) is 1.88. The first-order chi connectivity index (χ1) is 10.5. The van der Waals surface area contributed by atoms with Crippen LogP contribution in [-0.2, 0) is 5.88 Å². The molecule has 1 aromatic carbocycles. The quantitative estimate of drug-likeness (QED) is 0.762. The van der Waals surface area contributed by atoms with Crippen molar-refractivity contribution in [1.29, 1.82) is 0 Å². The number of carbonyl (C=O) groups is 1. The van der Waals surface area contributed by atoms with E-state index in [9.17, 15) is 9.18 Å². The van der Waals surface area contributed by atoms with Crippen LogP contribution in [0.1, 0.15) is 21.9 Å². The number of halogens is 2. The largest absolute Gasteiger partial charge is 0.492 e. The van der Waals surface area contributed by atoms with Gasteiger partial charge in [0.1, 0.15) is 23.9 Å². The molecule has 0 saturated carbocycles. The molecule has 0 atom stereocenters. The summed E-state index contributed by atoms with van der Waals surface area (Å²) in [5.41, 5.74) is 0.806. The van der Waals surface area contributed by atoms with Crippen LogP contribution < -0.4 is 4.74 Å². The second-order valence-corrected chi connectivity index (χ2v) is 5.12. The van der Waals surface area contributed by atoms with Crippen LogP contribution in [0.15, 0.2) is 34.7 Å². The molecule has 2 rings (SSSR count). The van der Waals surface area contributed by atoms with Gasteiger partial charge in [0.15, 0.2) is 5.76 Å². The highest BCUT2D eigenvalue weighted by atomic mass is 35.5. The predicted octanol–water partition coefficient (Wildman–Crippen LogP) is 3.62. The number of amides is 1. The fourth-order valence-corrected chi connectivity index (χ4v) is 2.14. The van der Waals surface area contributed by atoms with Gasteiger partial charge in [-0.2, -0.15) is 0 Å². The predicted molar refractivity (Wildman–Crippen MR) is 81.9 cm³/mol. The van der Waals surface area contributed by atoms with Crippen LogP contribution in [0, 0.1) is 12.7 Å². The van der Waals surface area contributed by atoms with Gasteiger partial charge in [-0.3, -0.25) is 4.79 Å². The Balaban J connectivity index is 1.87. The minimum Gasteiger partial charge on any atom is -0.492 e. The number of ether oxygens (including phenoxy) is 1. The number of likely N-dealkylation sites (N-methyl/N-ethyl adjacent to an activating group) is 1. The van der Waals surface area contributed by atoms with Gasteiger partial charge in [-0.1, -0.05) is 0 Å². The molecule has 0 saturated heterocycles. The van der Waals surface area contributed by atoms with Crippen molar-refractivity contribution in [1.82, 2.24) is 4.90 Å². The van der Waals surface area contributed by atoms with Crippen LogP contribution >= 0.6 is 11.6 Å². The van der Waals surface area contributed by atoms with E-state index in [-0.39, 0.29) is 17.5 Å². The van der Waals surface area contributed by atoms with Crippen LogP contribution in [0.2, 0.25) is 0 Å². The lowest BCUT2D eigenvalue weighted by Crippen LogP contribution is -2.30. The Labute approximate surface area is 133 Å². The van der Waals surface area contributed by atoms with Crippen molar-refractivity contribution in [2.24, 2.45) is 0 Å². The molecule has 6 heteroatoms. The van der Waals surface area contributed by atoms with Gasteiger partial charge in [-0.05, 0) is 37.3 Å². The van der Waals surface area contributed by atoms with Crippen molar-refractivity contribution >= 4 is 17.5 Å². The summed E-state index contributed by atoms with van der Waals surface area (Å²) in [4.78, 5) is 13.7. The molecule has 0 N–H and O–H groups in total. The van der Waals surface area contributed by atoms with Crippen molar-refractivity contribution in [3.63, 3.8) is 0 Å². The lowest BCUT2D eigenvalue weighted by molar-refractivity contribution is 0.0741. The molecule has 0 radical (unpaired) electrons. The standard InChI is InChI=1S/C16H17ClFNO3/c1-11-12(10-17)9-15(22-11)16(20)19(2)7-8-21-14-5-3-13(18)4-6-14/h3-6,9H,7-8,10H2,1-2H3. The topological polar surface area (TPSA) is 42.7 Å². The first-order valence-corrected chi connectivity index (χ1v) is 7.34. The normalized spacial score (nSPS) is 10.5. The molecule has 22 heavy (non-hydrogen) atoms. The van der Waals surface area contributed by atoms with Gasteiger partial charge in [-0.25, -0.2) is 4.39 Å². The van der Waals surface area contributed by atoms with E-state index in [0.717, 1.165) is 5.56 Å². The molecule has 0 bridgehead atoms. The van der Waals surface area contributed by atoms with E-state index in [2.05, 4.69) is 0 Å². The molecule has 1 amide bonds. The van der Waals surface area contributed by atoms with Gasteiger partial charge in [0, 0.05) is 12.6 Å². The molecule has 2 aromatic rings. The van der Waals surface area contributed by atoms with Crippen molar-refractivity contribution in [2.75, 3.05) is 20.2 Å². The third kappa shape index (κ3) is 4.01. The van der Waals surface area contributed by atoms with Crippen LogP contribution in [0.5, 0.6) is 5.75 Å². The van der Waals surface area contributed by atoms with E-state index in [1.165, 1.54) is 17.0 Å². The minimum atomic E-state index is -0.317. The maximum absolute atomic E-state index is 12.8. The maximum Gasteiger partial charge on any atom is 0.289 e. The second-order valence-electron chi connectivity index (χ2n) is 4.85. The zero-order valence-electron chi connectivity index (χ0n) is 12.4. The molecule has 1 heterocycles. The average molecular weight is 326 g/mol. The maximum atomic E-state index is 12.8. The minimum absolute atomic E-state index is 0.234. The third-order valence-corrected chi connectivity index (χ3v) is 3.52. The molecular formula is C16H17ClFNO3. The number of rotatable bonds is 6. The van der Waals surface area contributed by atoms with Crippen molar-refractivity contribution < 1.29 is 18.3 Å². The van der Waals surface area contributed by atoms with E-state index in [4.69, 9.17) is 20.8 Å². The van der Waals surface area contributed by atoms with E-state index >= 15 is 0 Å². The highest BCUT2D eigenvalue weighted by Gasteiger charge is 2.17. The number of aryl methyl sites for hydroxylation is 1. The SMILES string of the molecule is Cc1oc(C(=O)N(C)CCOc2ccc(F)cc2)cc1CCl. The zero-order chi connectivity index (χ0) is 16.1. The summed E-state index contributed by atoms with van der Waals surface area (Å²) in [6.45, 7) is 2.45. The lowest BCUT2D eigenvalue weighted by atomic mass is 10.2. The summed E-state index contributed by atoms with van der Waals surface area (Å²) in [5.74, 6) is 1.22. The van der Waals surface area contributed by atoms with Gasteiger partial charge in [-0.15, -0.1) is 11.6 Å². The Bertz CT molecular complexity index is 639. The van der Waals surface area contributed by atoms with E-state index < -0.39 is 0 Å². The molecule has 0 aliphatic carbocycles. The molecule has 118 valence electrons. The number of furan rings is 1. The summed E-state index contributed by atoms with van der Waals surface area (Å²) in [6, 6.07) is 7.38. The zero-order valence-corrected chi connectivity index (χ0v) is 13.2. The van der Waals surface area contributed by atoms with Crippen LogP contribution in [0.25, 0.3) is 0 Å². The molecule has 0 aliphatic rings. The van der Waals surface area contributed by atoms with E-state index in [1.54, 1.807) is 32.2 Å². The van der Waals surface area contributed by atoms with Crippen LogP contribution in [0.4, 0.5) is 4.39 Å². The van der Waals surface area contributed by atoms with Crippen molar-refractivity contribution in [2.45, 2.75) is 12.8 Å². The molecule has 0 unspecified atom stereocenters. The summed E-state index contributed by atoms with van der Waals surface area (Å²) < 4.78 is 23.6. The molecule has 4 nitrogen and oxygen atoms in total. The Kier molecular flexibility index (Phi) is 5.44. The molecule has 0 aliphatic heterocycles. The monoisotopic (exact) mass is 325 g/mol. The van der Waals surface area contributed by atoms with Crippen molar-refractivity contribution in [3.05, 3.63) is 53.2 Å². The Morgan fingerprint density at radius 3 is 2.64 bits per heavy atom. The summed E-state index contributed by atoms with van der Waals surface area (Å²) in [7, 11) is 1.66. The molecule has 1 aromatic heterocycles. The number of alkyl halides is 1. The molecule has 0 spiro atoms. The highest BCUT2D eigenvalue weighted by molar-refractivity contribution is 6.17. The summed E-state index contributed by atoms with van der Waals surface area (Å²) in [5, 5.41) is 0. The van der Waals surface area contributed by atoms with Gasteiger partial charge in [0.25, 0.3) is 5.91 Å². The smallest absolute Gasteiger partial charge is 0.289 e. The van der Waals surface area contributed by atoms with Gasteiger partial charge in [0.2, 0.25) is 0 Å². The highest BCUT2D eigenvalue weighted by Crippen LogP contribution is 2.18. The van der Waals surface area contributed by atoms with Crippen molar-refractivity contribution in [3.8, 4) is 5.75 Å². The van der Waals surface area contributed by atoms with E-state index in [0.29, 0.717) is 30.5 Å². The second kappa shape index (κ2) is 7.31. The Hall–Kier alpha value is -2.01. The van der Waals surface area contributed by atoms with E-state index in [1.807, 2.05) is 0 Å². The number of carbonyl (C=O) groups excluding carboxylic acids is 1. The number of nitrogens with zero attached hydrogens (tertiary/aromatic N) is 1. The first-order valence-electron chi connectivity index (χ1n) is 6.80. The number of benzene rings is 1. The number of hydrogen-bond donors (Lipinski definition) is 0. The Morgan fingerprint density at radius 2 is 2.05 bits per heavy atom. The van der Waals surface area contributed by atoms with Crippen LogP contribution in [-0.4, -0.2) is 31.0 Å². The third-order valence-electron chi connectivity index (χ3n) is 3.23. The number of hydrogen-bond acceptors (Lipinski definition) is 3. The Morgan fingerprint density at radius 1 is 1.36 bits per heavy atom. The van der Waals surface area contributed by atoms with Gasteiger partial charge >= 0.3 is 0 Å². The summed E-state index contributed by atoms with van der Waals surface area (Å²) in [6.07, 6.45) is 0. The summed E-state index contributed by atoms with van der Waals surface area (Å²) >= 11 is 5.76. The van der Waals surface area contributed by atoms with Crippen LogP contribution in [0.3, 0.4) is 0 Å². The fraction of sp³-hybridized carbons (Fsp3) is 0.312. The van der Waals surface area contributed by atoms with Gasteiger partial charge in [0.05, 0.1) is 12.4 Å². The van der Waals surface area contributed by atoms with Gasteiger partial charge < -0.3 is 14.1 Å². The molecular weight excluding hydrogens is 309 g/mol. The molecule has 0 fully saturated rings.